The second kappa shape index (κ2) is 5.94. The molecule has 0 saturated carbocycles. The van der Waals surface area contributed by atoms with Gasteiger partial charge in [0.25, 0.3) is 10.0 Å². The summed E-state index contributed by atoms with van der Waals surface area (Å²) in [6, 6.07) is 7.51. The summed E-state index contributed by atoms with van der Waals surface area (Å²) in [7, 11) is -4.14. The van der Waals surface area contributed by atoms with E-state index >= 15 is 0 Å². The first kappa shape index (κ1) is 16.3. The van der Waals surface area contributed by atoms with Crippen molar-refractivity contribution >= 4 is 33.3 Å². The number of carboxylic acids is 1. The van der Waals surface area contributed by atoms with Crippen LogP contribution in [-0.2, 0) is 10.0 Å². The van der Waals surface area contributed by atoms with Crippen LogP contribution < -0.4 is 4.72 Å². The van der Waals surface area contributed by atoms with Gasteiger partial charge in [-0.2, -0.15) is 0 Å². The van der Waals surface area contributed by atoms with Crippen molar-refractivity contribution in [2.75, 3.05) is 4.72 Å². The van der Waals surface area contributed by atoms with Crippen molar-refractivity contribution < 1.29 is 22.7 Å². The zero-order valence-electron chi connectivity index (χ0n) is 11.3. The van der Waals surface area contributed by atoms with Crippen LogP contribution in [0.15, 0.2) is 41.3 Å². The largest absolute Gasteiger partial charge is 0.478 e. The highest BCUT2D eigenvalue weighted by molar-refractivity contribution is 7.92. The SMILES string of the molecule is Cc1ccc(S(=O)(=O)Nc2cccc(Cl)c2F)cc1C(=O)O. The number of benzene rings is 2. The van der Waals surface area contributed by atoms with E-state index in [2.05, 4.69) is 0 Å². The first-order chi connectivity index (χ1) is 10.2. The number of anilines is 1. The predicted molar refractivity (Wildman–Crippen MR) is 80.4 cm³/mol. The Kier molecular flexibility index (Phi) is 4.39. The molecule has 5 nitrogen and oxygen atoms in total. The van der Waals surface area contributed by atoms with Gasteiger partial charge < -0.3 is 5.11 Å². The van der Waals surface area contributed by atoms with Crippen LogP contribution in [0.25, 0.3) is 0 Å². The van der Waals surface area contributed by atoms with Crippen LogP contribution in [0.5, 0.6) is 0 Å². The molecule has 0 heterocycles. The number of carbonyl (C=O) groups is 1. The molecule has 0 spiro atoms. The van der Waals surface area contributed by atoms with Crippen molar-refractivity contribution in [3.05, 3.63) is 58.4 Å². The average molecular weight is 344 g/mol. The smallest absolute Gasteiger partial charge is 0.335 e. The third-order valence-electron chi connectivity index (χ3n) is 2.95. The van der Waals surface area contributed by atoms with E-state index in [1.807, 2.05) is 4.72 Å². The number of carboxylic acid groups (broad SMARTS) is 1. The lowest BCUT2D eigenvalue weighted by atomic mass is 10.1. The Labute approximate surface area is 131 Å². The maximum atomic E-state index is 13.8. The number of sulfonamides is 1. The van der Waals surface area contributed by atoms with Crippen LogP contribution >= 0.6 is 11.6 Å². The molecule has 0 aromatic heterocycles. The summed E-state index contributed by atoms with van der Waals surface area (Å²) in [4.78, 5) is 10.8. The Balaban J connectivity index is 2.45. The number of halogens is 2. The molecule has 2 N–H and O–H groups in total. The van der Waals surface area contributed by atoms with Gasteiger partial charge in [0, 0.05) is 0 Å². The summed E-state index contributed by atoms with van der Waals surface area (Å²) in [5.41, 5.74) is -0.0419. The molecule has 22 heavy (non-hydrogen) atoms. The van der Waals surface area contributed by atoms with E-state index in [4.69, 9.17) is 16.7 Å². The average Bonchev–Trinajstić information content (AvgIpc) is 2.43. The van der Waals surface area contributed by atoms with E-state index < -0.39 is 21.8 Å². The molecule has 0 saturated heterocycles. The summed E-state index contributed by atoms with van der Waals surface area (Å²) in [5.74, 6) is -2.15. The first-order valence-electron chi connectivity index (χ1n) is 6.03. The van der Waals surface area contributed by atoms with Gasteiger partial charge in [0.05, 0.1) is 21.2 Å². The topological polar surface area (TPSA) is 83.5 Å². The number of nitrogens with one attached hydrogen (secondary N) is 1. The number of hydrogen-bond acceptors (Lipinski definition) is 3. The molecule has 0 fully saturated rings. The van der Waals surface area contributed by atoms with E-state index in [-0.39, 0.29) is 21.2 Å². The molecule has 116 valence electrons. The van der Waals surface area contributed by atoms with Crippen molar-refractivity contribution in [2.24, 2.45) is 0 Å². The molecule has 2 aromatic carbocycles. The summed E-state index contributed by atoms with van der Waals surface area (Å²) >= 11 is 5.59. The zero-order chi connectivity index (χ0) is 16.5. The normalized spacial score (nSPS) is 11.2. The second-order valence-electron chi connectivity index (χ2n) is 4.49. The number of aryl methyl sites for hydroxylation is 1. The van der Waals surface area contributed by atoms with E-state index in [1.165, 1.54) is 30.3 Å². The van der Waals surface area contributed by atoms with Gasteiger partial charge in [-0.1, -0.05) is 23.7 Å². The van der Waals surface area contributed by atoms with Crippen LogP contribution in [-0.4, -0.2) is 19.5 Å². The third kappa shape index (κ3) is 3.20. The van der Waals surface area contributed by atoms with Crippen LogP contribution in [0.3, 0.4) is 0 Å². The van der Waals surface area contributed by atoms with Gasteiger partial charge in [-0.3, -0.25) is 4.72 Å². The lowest BCUT2D eigenvalue weighted by Crippen LogP contribution is -2.15. The van der Waals surface area contributed by atoms with E-state index in [0.717, 1.165) is 6.07 Å². The summed E-state index contributed by atoms with van der Waals surface area (Å²) in [5, 5.41) is 8.81. The molecular weight excluding hydrogens is 333 g/mol. The second-order valence-corrected chi connectivity index (χ2v) is 6.58. The van der Waals surface area contributed by atoms with Crippen molar-refractivity contribution in [2.45, 2.75) is 11.8 Å². The Hall–Kier alpha value is -2.12. The molecule has 2 rings (SSSR count). The third-order valence-corrected chi connectivity index (χ3v) is 4.60. The quantitative estimate of drug-likeness (QED) is 0.892. The van der Waals surface area contributed by atoms with Crippen molar-refractivity contribution in [1.29, 1.82) is 0 Å². The minimum atomic E-state index is -4.14. The van der Waals surface area contributed by atoms with Crippen LogP contribution in [0, 0.1) is 12.7 Å². The molecule has 0 bridgehead atoms. The monoisotopic (exact) mass is 343 g/mol. The fourth-order valence-corrected chi connectivity index (χ4v) is 3.04. The lowest BCUT2D eigenvalue weighted by molar-refractivity contribution is 0.0696. The highest BCUT2D eigenvalue weighted by Gasteiger charge is 2.20. The molecule has 0 amide bonds. The standard InChI is InChI=1S/C14H11ClFNO4S/c1-8-5-6-9(7-10(8)14(18)19)22(20,21)17-12-4-2-3-11(15)13(12)16/h2-7,17H,1H3,(H,18,19). The van der Waals surface area contributed by atoms with E-state index in [0.29, 0.717) is 5.56 Å². The summed E-state index contributed by atoms with van der Waals surface area (Å²) in [6.45, 7) is 1.55. The van der Waals surface area contributed by atoms with Crippen LogP contribution in [0.2, 0.25) is 5.02 Å². The van der Waals surface area contributed by atoms with Gasteiger partial charge in [0.2, 0.25) is 0 Å². The number of aromatic carboxylic acids is 1. The molecule has 0 aliphatic carbocycles. The number of rotatable bonds is 4. The fraction of sp³-hybridized carbons (Fsp3) is 0.0714. The Morgan fingerprint density at radius 3 is 2.59 bits per heavy atom. The van der Waals surface area contributed by atoms with E-state index in [1.54, 1.807) is 6.92 Å². The molecule has 8 heteroatoms. The number of hydrogen-bond donors (Lipinski definition) is 2. The predicted octanol–water partition coefficient (Wildman–Crippen LogP) is 3.29. The first-order valence-corrected chi connectivity index (χ1v) is 7.89. The van der Waals surface area contributed by atoms with Crippen LogP contribution in [0.1, 0.15) is 15.9 Å². The van der Waals surface area contributed by atoms with E-state index in [9.17, 15) is 17.6 Å². The van der Waals surface area contributed by atoms with Gasteiger partial charge in [0.1, 0.15) is 0 Å². The van der Waals surface area contributed by atoms with Crippen molar-refractivity contribution in [3.63, 3.8) is 0 Å². The minimum absolute atomic E-state index is 0.144. The van der Waals surface area contributed by atoms with Gasteiger partial charge >= 0.3 is 5.97 Å². The Morgan fingerprint density at radius 2 is 1.95 bits per heavy atom. The highest BCUT2D eigenvalue weighted by atomic mass is 35.5. The summed E-state index contributed by atoms with van der Waals surface area (Å²) in [6.07, 6.45) is 0. The van der Waals surface area contributed by atoms with Gasteiger partial charge in [-0.05, 0) is 36.8 Å². The van der Waals surface area contributed by atoms with Crippen LogP contribution in [0.4, 0.5) is 10.1 Å². The molecule has 0 radical (unpaired) electrons. The molecule has 0 aliphatic heterocycles. The Morgan fingerprint density at radius 1 is 1.27 bits per heavy atom. The van der Waals surface area contributed by atoms with Gasteiger partial charge in [-0.15, -0.1) is 0 Å². The molecular formula is C14H11ClFNO4S. The van der Waals surface area contributed by atoms with Gasteiger partial charge in [0.15, 0.2) is 5.82 Å². The maximum Gasteiger partial charge on any atom is 0.335 e. The molecule has 0 unspecified atom stereocenters. The van der Waals surface area contributed by atoms with Crippen molar-refractivity contribution in [1.82, 2.24) is 0 Å². The summed E-state index contributed by atoms with van der Waals surface area (Å²) < 4.78 is 40.3. The highest BCUT2D eigenvalue weighted by Crippen LogP contribution is 2.25. The zero-order valence-corrected chi connectivity index (χ0v) is 12.9. The minimum Gasteiger partial charge on any atom is -0.478 e. The van der Waals surface area contributed by atoms with Crippen molar-refractivity contribution in [3.8, 4) is 0 Å². The molecule has 2 aromatic rings. The molecule has 0 atom stereocenters. The maximum absolute atomic E-state index is 13.8. The lowest BCUT2D eigenvalue weighted by Gasteiger charge is -2.11. The Bertz CT molecular complexity index is 852. The molecule has 0 aliphatic rings. The fourth-order valence-electron chi connectivity index (χ4n) is 1.78. The van der Waals surface area contributed by atoms with Gasteiger partial charge in [-0.25, -0.2) is 17.6 Å².